The molecule has 0 aromatic heterocycles. The molecule has 0 amide bonds. The molecule has 0 spiro atoms. The van der Waals surface area contributed by atoms with Crippen molar-refractivity contribution in [3.8, 4) is 0 Å². The smallest absolute Gasteiger partial charge is 0.385 e. The van der Waals surface area contributed by atoms with Crippen LogP contribution in [0.3, 0.4) is 0 Å². The van der Waals surface area contributed by atoms with Gasteiger partial charge in [-0.2, -0.15) is 13.2 Å². The summed E-state index contributed by atoms with van der Waals surface area (Å²) in [5.41, 5.74) is -0.820. The lowest BCUT2D eigenvalue weighted by atomic mass is 10.1. The molecule has 0 unspecified atom stereocenters. The van der Waals surface area contributed by atoms with Crippen LogP contribution in [0.25, 0.3) is 0 Å². The molecule has 0 bridgehead atoms. The number of nitrogens with one attached hydrogen (secondary N) is 1. The maximum Gasteiger partial charge on any atom is 0.416 e. The summed E-state index contributed by atoms with van der Waals surface area (Å²) >= 11 is 0. The van der Waals surface area contributed by atoms with Crippen LogP contribution < -0.4 is 5.32 Å². The van der Waals surface area contributed by atoms with Gasteiger partial charge in [-0.3, -0.25) is 0 Å². The maximum absolute atomic E-state index is 12.9. The summed E-state index contributed by atoms with van der Waals surface area (Å²) in [4.78, 5) is 0. The number of alkyl halides is 3. The van der Waals surface area contributed by atoms with E-state index < -0.39 is 17.6 Å². The first kappa shape index (κ1) is 12.8. The van der Waals surface area contributed by atoms with Gasteiger partial charge in [-0.1, -0.05) is 13.8 Å². The quantitative estimate of drug-likeness (QED) is 0.783. The van der Waals surface area contributed by atoms with Gasteiger partial charge < -0.3 is 5.32 Å². The van der Waals surface area contributed by atoms with Gasteiger partial charge in [0.05, 0.1) is 5.56 Å². The minimum Gasteiger partial charge on any atom is -0.385 e. The van der Waals surface area contributed by atoms with Gasteiger partial charge in [0.1, 0.15) is 5.82 Å². The monoisotopic (exact) mass is 235 g/mol. The summed E-state index contributed by atoms with van der Waals surface area (Å²) in [6.45, 7) is 4.33. The van der Waals surface area contributed by atoms with Crippen molar-refractivity contribution in [2.45, 2.75) is 20.0 Å². The van der Waals surface area contributed by atoms with E-state index in [9.17, 15) is 17.6 Å². The Balaban J connectivity index is 2.90. The lowest BCUT2D eigenvalue weighted by Crippen LogP contribution is -2.10. The van der Waals surface area contributed by atoms with E-state index in [1.54, 1.807) is 0 Å². The normalized spacial score (nSPS) is 11.9. The number of rotatable bonds is 3. The average molecular weight is 235 g/mol. The summed E-state index contributed by atoms with van der Waals surface area (Å²) in [5, 5.41) is 2.76. The Morgan fingerprint density at radius 1 is 1.19 bits per heavy atom. The molecule has 0 saturated heterocycles. The van der Waals surface area contributed by atoms with Gasteiger partial charge >= 0.3 is 6.18 Å². The largest absolute Gasteiger partial charge is 0.416 e. The summed E-state index contributed by atoms with van der Waals surface area (Å²) in [6.07, 6.45) is -4.52. The van der Waals surface area contributed by atoms with E-state index in [1.165, 1.54) is 0 Å². The van der Waals surface area contributed by atoms with Crippen LogP contribution >= 0.6 is 0 Å². The second kappa shape index (κ2) is 4.72. The Hall–Kier alpha value is -1.26. The fourth-order valence-electron chi connectivity index (χ4n) is 1.18. The van der Waals surface area contributed by atoms with E-state index in [0.717, 1.165) is 12.1 Å². The molecule has 90 valence electrons. The summed E-state index contributed by atoms with van der Waals surface area (Å²) in [6, 6.07) is 2.45. The Bertz CT molecular complexity index is 357. The fraction of sp³-hybridized carbons (Fsp3) is 0.455. The third kappa shape index (κ3) is 3.72. The zero-order valence-corrected chi connectivity index (χ0v) is 9.03. The first-order chi connectivity index (χ1) is 7.29. The first-order valence-corrected chi connectivity index (χ1v) is 4.90. The molecule has 0 radical (unpaired) electrons. The van der Waals surface area contributed by atoms with Crippen LogP contribution in [0.5, 0.6) is 0 Å². The highest BCUT2D eigenvalue weighted by Gasteiger charge is 2.31. The van der Waals surface area contributed by atoms with Crippen LogP contribution in [0.1, 0.15) is 19.4 Å². The van der Waals surface area contributed by atoms with Gasteiger partial charge in [-0.25, -0.2) is 4.39 Å². The number of benzene rings is 1. The molecule has 1 nitrogen and oxygen atoms in total. The summed E-state index contributed by atoms with van der Waals surface area (Å²) in [7, 11) is 0. The molecule has 16 heavy (non-hydrogen) atoms. The van der Waals surface area contributed by atoms with Crippen molar-refractivity contribution >= 4 is 5.69 Å². The van der Waals surface area contributed by atoms with Gasteiger partial charge in [-0.05, 0) is 24.1 Å². The van der Waals surface area contributed by atoms with Crippen LogP contribution in [0.4, 0.5) is 23.2 Å². The number of anilines is 1. The minimum atomic E-state index is -4.52. The Kier molecular flexibility index (Phi) is 3.78. The van der Waals surface area contributed by atoms with E-state index in [-0.39, 0.29) is 11.6 Å². The molecule has 0 fully saturated rings. The lowest BCUT2D eigenvalue weighted by molar-refractivity contribution is -0.137. The van der Waals surface area contributed by atoms with Gasteiger partial charge in [0, 0.05) is 12.2 Å². The molecule has 0 saturated carbocycles. The summed E-state index contributed by atoms with van der Waals surface area (Å²) in [5.74, 6) is -0.612. The number of halogens is 4. The predicted molar refractivity (Wildman–Crippen MR) is 54.7 cm³/mol. The van der Waals surface area contributed by atoms with Gasteiger partial charge in [0.2, 0.25) is 0 Å². The van der Waals surface area contributed by atoms with E-state index in [1.807, 2.05) is 13.8 Å². The first-order valence-electron chi connectivity index (χ1n) is 4.90. The topological polar surface area (TPSA) is 12.0 Å². The SMILES string of the molecule is CC(C)CNc1cc(F)cc(C(F)(F)F)c1. The molecule has 1 rings (SSSR count). The van der Waals surface area contributed by atoms with Crippen molar-refractivity contribution in [1.29, 1.82) is 0 Å². The zero-order chi connectivity index (χ0) is 12.3. The van der Waals surface area contributed by atoms with Crippen LogP contribution in [0.15, 0.2) is 18.2 Å². The van der Waals surface area contributed by atoms with Crippen molar-refractivity contribution in [1.82, 2.24) is 0 Å². The highest BCUT2D eigenvalue weighted by molar-refractivity contribution is 5.47. The second-order valence-corrected chi connectivity index (χ2v) is 4.00. The van der Waals surface area contributed by atoms with E-state index >= 15 is 0 Å². The summed E-state index contributed by atoms with van der Waals surface area (Å²) < 4.78 is 50.0. The number of hydrogen-bond donors (Lipinski definition) is 1. The van der Waals surface area contributed by atoms with Crippen molar-refractivity contribution in [2.75, 3.05) is 11.9 Å². The molecule has 1 N–H and O–H groups in total. The van der Waals surface area contributed by atoms with Gasteiger partial charge in [0.25, 0.3) is 0 Å². The van der Waals surface area contributed by atoms with E-state index in [0.29, 0.717) is 12.6 Å². The van der Waals surface area contributed by atoms with E-state index in [2.05, 4.69) is 5.32 Å². The molecule has 0 heterocycles. The van der Waals surface area contributed by atoms with Crippen LogP contribution in [-0.4, -0.2) is 6.54 Å². The Morgan fingerprint density at radius 2 is 1.81 bits per heavy atom. The molecule has 0 aliphatic rings. The van der Waals surface area contributed by atoms with Crippen molar-refractivity contribution < 1.29 is 17.6 Å². The highest BCUT2D eigenvalue weighted by Crippen LogP contribution is 2.31. The lowest BCUT2D eigenvalue weighted by Gasteiger charge is -2.12. The minimum absolute atomic E-state index is 0.154. The molecule has 1 aromatic carbocycles. The number of hydrogen-bond acceptors (Lipinski definition) is 1. The third-order valence-electron chi connectivity index (χ3n) is 1.94. The van der Waals surface area contributed by atoms with Crippen molar-refractivity contribution in [2.24, 2.45) is 5.92 Å². The Morgan fingerprint density at radius 3 is 2.31 bits per heavy atom. The van der Waals surface area contributed by atoms with Crippen LogP contribution in [0.2, 0.25) is 0 Å². The Labute approximate surface area is 91.5 Å². The standard InChI is InChI=1S/C11H13F4N/c1-7(2)6-16-10-4-8(11(13,14)15)3-9(12)5-10/h3-5,7,16H,6H2,1-2H3. The average Bonchev–Trinajstić information content (AvgIpc) is 2.12. The fourth-order valence-corrected chi connectivity index (χ4v) is 1.18. The highest BCUT2D eigenvalue weighted by atomic mass is 19.4. The van der Waals surface area contributed by atoms with Gasteiger partial charge in [-0.15, -0.1) is 0 Å². The third-order valence-corrected chi connectivity index (χ3v) is 1.94. The molecular formula is C11H13F4N. The molecule has 0 atom stereocenters. The van der Waals surface area contributed by atoms with Gasteiger partial charge in [0.15, 0.2) is 0 Å². The second-order valence-electron chi connectivity index (χ2n) is 4.00. The molecule has 0 aliphatic carbocycles. The van der Waals surface area contributed by atoms with Crippen molar-refractivity contribution in [3.05, 3.63) is 29.6 Å². The van der Waals surface area contributed by atoms with E-state index in [4.69, 9.17) is 0 Å². The molecule has 1 aromatic rings. The molecule has 5 heteroatoms. The predicted octanol–water partition coefficient (Wildman–Crippen LogP) is 3.91. The van der Waals surface area contributed by atoms with Crippen LogP contribution in [-0.2, 0) is 6.18 Å². The van der Waals surface area contributed by atoms with Crippen LogP contribution in [0, 0.1) is 11.7 Å². The molecular weight excluding hydrogens is 222 g/mol. The zero-order valence-electron chi connectivity index (χ0n) is 9.03. The maximum atomic E-state index is 12.9. The molecule has 0 aliphatic heterocycles. The van der Waals surface area contributed by atoms with Crippen molar-refractivity contribution in [3.63, 3.8) is 0 Å².